The average Bonchev–Trinajstić information content (AvgIpc) is 2.70. The van der Waals surface area contributed by atoms with Gasteiger partial charge in [0, 0.05) is 22.9 Å². The quantitative estimate of drug-likeness (QED) is 0.321. The molecular weight excluding hydrogens is 407 g/mol. The number of hydrazine groups is 1. The molecule has 29 heavy (non-hydrogen) atoms. The molecule has 0 saturated carbocycles. The molecule has 0 fully saturated rings. The van der Waals surface area contributed by atoms with Gasteiger partial charge in [0.15, 0.2) is 0 Å². The summed E-state index contributed by atoms with van der Waals surface area (Å²) in [5, 5.41) is 1.12. The zero-order chi connectivity index (χ0) is 21.4. The number of halogens is 2. The maximum Gasteiger partial charge on any atom is 0.240 e. The molecule has 0 aliphatic heterocycles. The van der Waals surface area contributed by atoms with Crippen molar-refractivity contribution in [2.24, 2.45) is 11.8 Å². The lowest BCUT2D eigenvalue weighted by Crippen LogP contribution is -2.35. The van der Waals surface area contributed by atoms with Crippen molar-refractivity contribution < 1.29 is 9.59 Å². The second-order valence-corrected chi connectivity index (χ2v) is 7.94. The molecule has 0 aliphatic carbocycles. The van der Waals surface area contributed by atoms with Gasteiger partial charge in [-0.25, -0.2) is 5.84 Å². The molecular formula is C23H26Cl2N2O2. The maximum absolute atomic E-state index is 12.4. The molecule has 6 heteroatoms. The summed E-state index contributed by atoms with van der Waals surface area (Å²) in [6.45, 7) is 3.99. The molecule has 0 radical (unpaired) electrons. The number of hydrogen-bond acceptors (Lipinski definition) is 3. The number of rotatable bonds is 9. The van der Waals surface area contributed by atoms with Gasteiger partial charge in [-0.3, -0.25) is 15.0 Å². The minimum atomic E-state index is -0.470. The number of nitrogens with two attached hydrogens (primary N) is 1. The number of carbonyl (C=O) groups is 2. The fraction of sp³-hybridized carbons (Fsp3) is 0.304. The third-order valence-corrected chi connectivity index (χ3v) is 5.51. The van der Waals surface area contributed by atoms with Gasteiger partial charge in [-0.15, -0.1) is 0 Å². The number of carbonyl (C=O) groups excluding carboxylic acids is 2. The van der Waals surface area contributed by atoms with Crippen LogP contribution in [-0.4, -0.2) is 11.7 Å². The number of nitrogens with one attached hydrogen (secondary N) is 1. The van der Waals surface area contributed by atoms with Crippen molar-refractivity contribution in [3.05, 3.63) is 75.3 Å². The molecule has 0 aliphatic rings. The average molecular weight is 433 g/mol. The Kier molecular flexibility index (Phi) is 8.90. The SMILES string of the molecule is C/C(=C/C(CCC(=O)CCc1ccc(Cl)cc1Cl)C(=O)NN)c1ccccc1C. The topological polar surface area (TPSA) is 72.2 Å². The summed E-state index contributed by atoms with van der Waals surface area (Å²) in [5.74, 6) is 4.66. The number of allylic oxidation sites excluding steroid dienone is 1. The summed E-state index contributed by atoms with van der Waals surface area (Å²) in [6.07, 6.45) is 3.48. The van der Waals surface area contributed by atoms with E-state index in [9.17, 15) is 9.59 Å². The Morgan fingerprint density at radius 3 is 2.52 bits per heavy atom. The van der Waals surface area contributed by atoms with Crippen molar-refractivity contribution in [1.82, 2.24) is 5.43 Å². The van der Waals surface area contributed by atoms with E-state index in [4.69, 9.17) is 29.0 Å². The first-order valence-electron chi connectivity index (χ1n) is 9.52. The number of hydrogen-bond donors (Lipinski definition) is 2. The lowest BCUT2D eigenvalue weighted by Gasteiger charge is -2.14. The summed E-state index contributed by atoms with van der Waals surface area (Å²) < 4.78 is 0. The minimum Gasteiger partial charge on any atom is -0.300 e. The van der Waals surface area contributed by atoms with Crippen LogP contribution >= 0.6 is 23.2 Å². The Balaban J connectivity index is 1.99. The van der Waals surface area contributed by atoms with Gasteiger partial charge in [-0.1, -0.05) is 59.6 Å². The van der Waals surface area contributed by atoms with Gasteiger partial charge in [-0.2, -0.15) is 0 Å². The largest absolute Gasteiger partial charge is 0.300 e. The van der Waals surface area contributed by atoms with E-state index in [-0.39, 0.29) is 11.7 Å². The van der Waals surface area contributed by atoms with Crippen LogP contribution in [0.3, 0.4) is 0 Å². The molecule has 0 saturated heterocycles. The summed E-state index contributed by atoms with van der Waals surface area (Å²) in [7, 11) is 0. The molecule has 3 N–H and O–H groups in total. The normalized spacial score (nSPS) is 12.5. The summed E-state index contributed by atoms with van der Waals surface area (Å²) in [6, 6.07) is 13.2. The highest BCUT2D eigenvalue weighted by molar-refractivity contribution is 6.35. The number of Topliss-reactive ketones (excluding diaryl/α,β-unsaturated/α-hetero) is 1. The van der Waals surface area contributed by atoms with E-state index in [0.29, 0.717) is 35.7 Å². The van der Waals surface area contributed by atoms with Crippen LogP contribution in [-0.2, 0) is 16.0 Å². The highest BCUT2D eigenvalue weighted by Crippen LogP contribution is 2.24. The van der Waals surface area contributed by atoms with Crippen LogP contribution in [0.15, 0.2) is 48.5 Å². The number of benzene rings is 2. The van der Waals surface area contributed by atoms with Crippen molar-refractivity contribution in [2.75, 3.05) is 0 Å². The van der Waals surface area contributed by atoms with Gasteiger partial charge in [0.05, 0.1) is 5.92 Å². The highest BCUT2D eigenvalue weighted by atomic mass is 35.5. The first-order valence-corrected chi connectivity index (χ1v) is 10.3. The van der Waals surface area contributed by atoms with Crippen molar-refractivity contribution in [3.8, 4) is 0 Å². The van der Waals surface area contributed by atoms with E-state index in [1.807, 2.05) is 50.3 Å². The van der Waals surface area contributed by atoms with Crippen molar-refractivity contribution in [1.29, 1.82) is 0 Å². The number of aryl methyl sites for hydroxylation is 2. The second-order valence-electron chi connectivity index (χ2n) is 7.09. The van der Waals surface area contributed by atoms with Gasteiger partial charge in [0.1, 0.15) is 5.78 Å². The zero-order valence-corrected chi connectivity index (χ0v) is 18.2. The Bertz CT molecular complexity index is 910. The molecule has 2 rings (SSSR count). The van der Waals surface area contributed by atoms with Gasteiger partial charge < -0.3 is 0 Å². The smallest absolute Gasteiger partial charge is 0.240 e. The number of amides is 1. The predicted octanol–water partition coefficient (Wildman–Crippen LogP) is 5.29. The second kappa shape index (κ2) is 11.1. The fourth-order valence-corrected chi connectivity index (χ4v) is 3.75. The molecule has 0 heterocycles. The van der Waals surface area contributed by atoms with Crippen LogP contribution < -0.4 is 11.3 Å². The van der Waals surface area contributed by atoms with Gasteiger partial charge >= 0.3 is 0 Å². The van der Waals surface area contributed by atoms with Crippen molar-refractivity contribution in [2.45, 2.75) is 39.5 Å². The van der Waals surface area contributed by atoms with E-state index >= 15 is 0 Å². The maximum atomic E-state index is 12.4. The monoisotopic (exact) mass is 432 g/mol. The van der Waals surface area contributed by atoms with Crippen LogP contribution in [0.1, 0.15) is 42.9 Å². The molecule has 1 atom stereocenters. The van der Waals surface area contributed by atoms with Crippen LogP contribution in [0.25, 0.3) is 5.57 Å². The van der Waals surface area contributed by atoms with Gasteiger partial charge in [-0.05, 0) is 61.1 Å². The van der Waals surface area contributed by atoms with Crippen LogP contribution in [0.2, 0.25) is 10.0 Å². The molecule has 4 nitrogen and oxygen atoms in total. The van der Waals surface area contributed by atoms with Gasteiger partial charge in [0.25, 0.3) is 0 Å². The minimum absolute atomic E-state index is 0.0767. The zero-order valence-electron chi connectivity index (χ0n) is 16.7. The Labute approximate surface area is 182 Å². The fourth-order valence-electron chi connectivity index (χ4n) is 3.24. The van der Waals surface area contributed by atoms with Crippen molar-refractivity contribution in [3.63, 3.8) is 0 Å². The highest BCUT2D eigenvalue weighted by Gasteiger charge is 2.18. The summed E-state index contributed by atoms with van der Waals surface area (Å²) in [5.41, 5.74) is 6.28. The summed E-state index contributed by atoms with van der Waals surface area (Å²) in [4.78, 5) is 24.6. The van der Waals surface area contributed by atoms with E-state index in [1.165, 1.54) is 0 Å². The predicted molar refractivity (Wildman–Crippen MR) is 120 cm³/mol. The Morgan fingerprint density at radius 1 is 1.14 bits per heavy atom. The van der Waals surface area contributed by atoms with E-state index in [1.54, 1.807) is 12.1 Å². The van der Waals surface area contributed by atoms with E-state index < -0.39 is 5.92 Å². The van der Waals surface area contributed by atoms with E-state index in [0.717, 1.165) is 22.3 Å². The lowest BCUT2D eigenvalue weighted by molar-refractivity contribution is -0.124. The lowest BCUT2D eigenvalue weighted by atomic mass is 9.93. The van der Waals surface area contributed by atoms with E-state index in [2.05, 4.69) is 5.43 Å². The Morgan fingerprint density at radius 2 is 1.86 bits per heavy atom. The third-order valence-electron chi connectivity index (χ3n) is 4.92. The van der Waals surface area contributed by atoms with Crippen molar-refractivity contribution >= 4 is 40.5 Å². The molecule has 1 unspecified atom stereocenters. The molecule has 154 valence electrons. The number of ketones is 1. The molecule has 2 aromatic rings. The van der Waals surface area contributed by atoms with Gasteiger partial charge in [0.2, 0.25) is 5.91 Å². The molecule has 2 aromatic carbocycles. The molecule has 0 aromatic heterocycles. The standard InChI is InChI=1S/C23H26Cl2N2O2/c1-15-5-3-4-6-21(15)16(2)13-18(23(29)27-26)9-12-20(28)11-8-17-7-10-19(24)14-22(17)25/h3-7,10,13-14,18H,8-9,11-12,26H2,1-2H3,(H,27,29)/b16-13-. The Hall–Kier alpha value is -2.14. The molecule has 0 bridgehead atoms. The molecule has 0 spiro atoms. The summed E-state index contributed by atoms with van der Waals surface area (Å²) >= 11 is 12.1. The van der Waals surface area contributed by atoms with Crippen LogP contribution in [0, 0.1) is 12.8 Å². The van der Waals surface area contributed by atoms with Crippen LogP contribution in [0.4, 0.5) is 0 Å². The first-order chi connectivity index (χ1) is 13.8. The first kappa shape index (κ1) is 23.1. The van der Waals surface area contributed by atoms with Crippen LogP contribution in [0.5, 0.6) is 0 Å². The third kappa shape index (κ3) is 7.00. The molecule has 1 amide bonds.